The zero-order chi connectivity index (χ0) is 35.2. The number of hydrogen-bond donors (Lipinski definition) is 5. The van der Waals surface area contributed by atoms with E-state index in [2.05, 4.69) is 4.18 Å². The van der Waals surface area contributed by atoms with Crippen molar-refractivity contribution in [1.29, 1.82) is 0 Å². The topological polar surface area (TPSA) is 220 Å². The van der Waals surface area contributed by atoms with Gasteiger partial charge in [-0.05, 0) is 73.1 Å². The Labute approximate surface area is 282 Å². The van der Waals surface area contributed by atoms with Crippen LogP contribution in [0, 0.1) is 0 Å². The molecule has 1 atom stereocenters. The maximum Gasteiger partial charge on any atom is 0.382 e. The lowest BCUT2D eigenvalue weighted by molar-refractivity contribution is -0.133. The first kappa shape index (κ1) is 39.0. The van der Waals surface area contributed by atoms with Crippen LogP contribution in [0.15, 0.2) is 77.7 Å². The second-order valence-corrected chi connectivity index (χ2v) is 14.2. The lowest BCUT2D eigenvalue weighted by atomic mass is 10.0. The standard InChI is InChI=1S/C33H45N3O10S2/c34-47(41,42)30-17-15-29(16-18-30)36(24-31(37)27-11-13-28(14-12-27)33(39)40)19-4-1-2-5-20-45-21-6-3-8-25-9-7-10-26(22-25)23-32(38)46-48(35,43)44/h7,9-18,22,31,33,37,39-40H,1-6,8,19-21,23-24H2,(H2,34,41,42)(H2,35,43,44)/t31-/m0/s1. The fourth-order valence-electron chi connectivity index (χ4n) is 5.09. The van der Waals surface area contributed by atoms with Crippen LogP contribution in [0.25, 0.3) is 0 Å². The molecule has 0 bridgehead atoms. The van der Waals surface area contributed by atoms with E-state index in [0.717, 1.165) is 56.2 Å². The Balaban J connectivity index is 1.37. The first-order chi connectivity index (χ1) is 22.7. The Morgan fingerprint density at radius 2 is 1.35 bits per heavy atom. The molecule has 3 aromatic rings. The van der Waals surface area contributed by atoms with Crippen molar-refractivity contribution in [2.45, 2.75) is 68.7 Å². The summed E-state index contributed by atoms with van der Waals surface area (Å²) in [4.78, 5) is 13.7. The molecule has 0 spiro atoms. The number of carbonyl (C=O) groups excluding carboxylic acids is 1. The first-order valence-electron chi connectivity index (χ1n) is 15.6. The highest BCUT2D eigenvalue weighted by Crippen LogP contribution is 2.23. The number of ether oxygens (including phenoxy) is 1. The van der Waals surface area contributed by atoms with Gasteiger partial charge >= 0.3 is 16.3 Å². The van der Waals surface area contributed by atoms with Crippen LogP contribution in [0.5, 0.6) is 0 Å². The molecule has 0 amide bonds. The molecule has 48 heavy (non-hydrogen) atoms. The summed E-state index contributed by atoms with van der Waals surface area (Å²) in [5.41, 5.74) is 3.34. The van der Waals surface area contributed by atoms with Gasteiger partial charge in [0.15, 0.2) is 6.29 Å². The maximum absolute atomic E-state index is 11.7. The quantitative estimate of drug-likeness (QED) is 0.0800. The largest absolute Gasteiger partial charge is 0.387 e. The minimum Gasteiger partial charge on any atom is -0.387 e. The van der Waals surface area contributed by atoms with Crippen LogP contribution in [0.1, 0.15) is 73.2 Å². The number of nitrogens with two attached hydrogens (primary N) is 2. The number of aliphatic hydroxyl groups is 3. The molecule has 15 heteroatoms. The molecule has 0 fully saturated rings. The Hall–Kier alpha value is -3.41. The van der Waals surface area contributed by atoms with Gasteiger partial charge in [-0.1, -0.05) is 61.4 Å². The smallest absolute Gasteiger partial charge is 0.382 e. The van der Waals surface area contributed by atoms with E-state index < -0.39 is 38.7 Å². The maximum atomic E-state index is 11.7. The van der Waals surface area contributed by atoms with Crippen molar-refractivity contribution < 1.29 is 45.9 Å². The van der Waals surface area contributed by atoms with E-state index >= 15 is 0 Å². The molecule has 3 aromatic carbocycles. The molecule has 264 valence electrons. The van der Waals surface area contributed by atoms with Gasteiger partial charge in [0.05, 0.1) is 17.4 Å². The minimum atomic E-state index is -4.32. The van der Waals surface area contributed by atoms with Gasteiger partial charge in [0.2, 0.25) is 10.0 Å². The predicted molar refractivity (Wildman–Crippen MR) is 180 cm³/mol. The number of hydrogen-bond acceptors (Lipinski definition) is 11. The molecule has 0 aromatic heterocycles. The first-order valence-corrected chi connectivity index (χ1v) is 18.7. The number of unbranched alkanes of at least 4 members (excludes halogenated alkanes) is 4. The minimum absolute atomic E-state index is 0.00239. The van der Waals surface area contributed by atoms with Gasteiger partial charge in [0.1, 0.15) is 0 Å². The van der Waals surface area contributed by atoms with Crippen molar-refractivity contribution in [3.63, 3.8) is 0 Å². The molecule has 3 rings (SSSR count). The van der Waals surface area contributed by atoms with Gasteiger partial charge in [0, 0.05) is 37.6 Å². The number of aryl methyl sites for hydroxylation is 1. The Bertz CT molecular complexity index is 1650. The van der Waals surface area contributed by atoms with Crippen molar-refractivity contribution in [3.05, 3.63) is 95.1 Å². The fraction of sp³-hybridized carbons (Fsp3) is 0.424. The number of benzene rings is 3. The number of aliphatic hydroxyl groups excluding tert-OH is 2. The molecular formula is C33H45N3O10S2. The van der Waals surface area contributed by atoms with Crippen molar-refractivity contribution in [3.8, 4) is 0 Å². The number of rotatable bonds is 21. The van der Waals surface area contributed by atoms with Crippen LogP contribution < -0.4 is 15.2 Å². The summed E-state index contributed by atoms with van der Waals surface area (Å²) in [5, 5.41) is 39.6. The van der Waals surface area contributed by atoms with Crippen LogP contribution in [0.2, 0.25) is 0 Å². The van der Waals surface area contributed by atoms with E-state index in [1.54, 1.807) is 48.5 Å². The SMILES string of the molecule is NS(=O)(=O)OC(=O)Cc1cccc(CCCCOCCCCCCN(C[C@H](O)c2ccc(C(O)O)cc2)c2ccc(S(N)(=O)=O)cc2)c1. The van der Waals surface area contributed by atoms with Crippen molar-refractivity contribution in [2.75, 3.05) is 31.2 Å². The van der Waals surface area contributed by atoms with Gasteiger partial charge in [-0.15, -0.1) is 0 Å². The molecule has 0 aliphatic heterocycles. The van der Waals surface area contributed by atoms with Crippen molar-refractivity contribution in [1.82, 2.24) is 0 Å². The van der Waals surface area contributed by atoms with E-state index in [4.69, 9.17) is 15.0 Å². The van der Waals surface area contributed by atoms with Gasteiger partial charge in [-0.25, -0.2) is 13.6 Å². The summed E-state index contributed by atoms with van der Waals surface area (Å²) in [5.74, 6) is -0.930. The fourth-order valence-corrected chi connectivity index (χ4v) is 5.93. The third kappa shape index (κ3) is 14.4. The molecule has 0 radical (unpaired) electrons. The highest BCUT2D eigenvalue weighted by molar-refractivity contribution is 7.89. The summed E-state index contributed by atoms with van der Waals surface area (Å²) in [6.07, 6.45) is 3.49. The van der Waals surface area contributed by atoms with Crippen molar-refractivity contribution in [2.24, 2.45) is 10.3 Å². The Kier molecular flexibility index (Phi) is 15.4. The van der Waals surface area contributed by atoms with Crippen LogP contribution >= 0.6 is 0 Å². The lowest BCUT2D eigenvalue weighted by Gasteiger charge is -2.28. The zero-order valence-corrected chi connectivity index (χ0v) is 28.3. The highest BCUT2D eigenvalue weighted by Gasteiger charge is 2.17. The average molecular weight is 708 g/mol. The number of sulfonamides is 1. The Morgan fingerprint density at radius 3 is 1.98 bits per heavy atom. The summed E-state index contributed by atoms with van der Waals surface area (Å²) >= 11 is 0. The molecule has 0 saturated carbocycles. The summed E-state index contributed by atoms with van der Waals surface area (Å²) in [6, 6.07) is 19.9. The molecule has 0 aliphatic carbocycles. The van der Waals surface area contributed by atoms with E-state index in [-0.39, 0.29) is 17.9 Å². The summed E-state index contributed by atoms with van der Waals surface area (Å²) in [7, 11) is -8.16. The van der Waals surface area contributed by atoms with Crippen molar-refractivity contribution >= 4 is 32.0 Å². The molecule has 0 unspecified atom stereocenters. The second kappa shape index (κ2) is 19.0. The molecule has 13 nitrogen and oxygen atoms in total. The molecule has 7 N–H and O–H groups in total. The molecule has 0 heterocycles. The lowest BCUT2D eigenvalue weighted by Crippen LogP contribution is -2.30. The number of primary sulfonamides is 1. The highest BCUT2D eigenvalue weighted by atomic mass is 32.2. The van der Waals surface area contributed by atoms with Gasteiger partial charge in [-0.3, -0.25) is 4.79 Å². The van der Waals surface area contributed by atoms with E-state index in [9.17, 15) is 36.9 Å². The average Bonchev–Trinajstić information content (AvgIpc) is 3.02. The third-order valence-electron chi connectivity index (χ3n) is 7.56. The van der Waals surface area contributed by atoms with Crippen LogP contribution in [0.3, 0.4) is 0 Å². The normalized spacial score (nSPS) is 12.6. The van der Waals surface area contributed by atoms with E-state index in [0.29, 0.717) is 36.4 Å². The van der Waals surface area contributed by atoms with E-state index in [1.165, 1.54) is 12.1 Å². The predicted octanol–water partition coefficient (Wildman–Crippen LogP) is 2.75. The molecule has 0 saturated heterocycles. The van der Waals surface area contributed by atoms with Crippen LogP contribution in [-0.2, 0) is 46.9 Å². The molecule has 0 aliphatic rings. The monoisotopic (exact) mass is 707 g/mol. The third-order valence-corrected chi connectivity index (χ3v) is 8.91. The number of anilines is 1. The summed E-state index contributed by atoms with van der Waals surface area (Å²) < 4.78 is 55.2. The van der Waals surface area contributed by atoms with Gasteiger partial charge in [0.25, 0.3) is 0 Å². The van der Waals surface area contributed by atoms with E-state index in [1.807, 2.05) is 17.0 Å². The van der Waals surface area contributed by atoms with Crippen LogP contribution in [-0.4, -0.2) is 64.4 Å². The molecular weight excluding hydrogens is 663 g/mol. The van der Waals surface area contributed by atoms with Gasteiger partial charge < -0.3 is 29.1 Å². The zero-order valence-electron chi connectivity index (χ0n) is 26.7. The van der Waals surface area contributed by atoms with Crippen LogP contribution in [0.4, 0.5) is 5.69 Å². The Morgan fingerprint density at radius 1 is 0.750 bits per heavy atom. The number of nitrogens with zero attached hydrogens (tertiary/aromatic N) is 1. The van der Waals surface area contributed by atoms with Gasteiger partial charge in [-0.2, -0.15) is 13.6 Å². The number of carbonyl (C=O) groups is 1. The second-order valence-electron chi connectivity index (χ2n) is 11.5. The summed E-state index contributed by atoms with van der Waals surface area (Å²) in [6.45, 7) is 2.12.